The summed E-state index contributed by atoms with van der Waals surface area (Å²) in [6, 6.07) is 0.564. The summed E-state index contributed by atoms with van der Waals surface area (Å²) in [5.41, 5.74) is 0.953. The maximum atomic E-state index is 6.01. The maximum absolute atomic E-state index is 6.01. The average Bonchev–Trinajstić information content (AvgIpc) is 2.66. The SMILES string of the molecule is Cc1nc(Cl)c(C)c(NC2CCCC2)n1. The van der Waals surface area contributed by atoms with Gasteiger partial charge in [0.15, 0.2) is 0 Å². The lowest BCUT2D eigenvalue weighted by Crippen LogP contribution is -2.17. The normalized spacial score (nSPS) is 17.0. The van der Waals surface area contributed by atoms with E-state index in [0.717, 1.165) is 17.2 Å². The van der Waals surface area contributed by atoms with Gasteiger partial charge in [0.2, 0.25) is 0 Å². The molecule has 1 aliphatic carbocycles. The Kier molecular flexibility index (Phi) is 3.10. The zero-order chi connectivity index (χ0) is 10.8. The molecule has 1 aromatic rings. The Morgan fingerprint density at radius 3 is 2.53 bits per heavy atom. The summed E-state index contributed by atoms with van der Waals surface area (Å²) in [5.74, 6) is 1.63. The number of hydrogen-bond acceptors (Lipinski definition) is 3. The van der Waals surface area contributed by atoms with Crippen LogP contribution in [0.25, 0.3) is 0 Å². The fourth-order valence-corrected chi connectivity index (χ4v) is 2.21. The molecule has 0 amide bonds. The van der Waals surface area contributed by atoms with Gasteiger partial charge in [-0.1, -0.05) is 24.4 Å². The minimum absolute atomic E-state index is 0.558. The van der Waals surface area contributed by atoms with Gasteiger partial charge in [-0.25, -0.2) is 9.97 Å². The molecular formula is C11H16ClN3. The number of hydrogen-bond donors (Lipinski definition) is 1. The van der Waals surface area contributed by atoms with E-state index in [-0.39, 0.29) is 0 Å². The highest BCUT2D eigenvalue weighted by Gasteiger charge is 2.17. The Hall–Kier alpha value is -0.830. The third-order valence-electron chi connectivity index (χ3n) is 2.89. The first-order chi connectivity index (χ1) is 7.16. The van der Waals surface area contributed by atoms with Gasteiger partial charge < -0.3 is 5.32 Å². The molecule has 2 rings (SSSR count). The van der Waals surface area contributed by atoms with Crippen LogP contribution in [0.3, 0.4) is 0 Å². The van der Waals surface area contributed by atoms with Crippen molar-refractivity contribution in [1.82, 2.24) is 9.97 Å². The number of aryl methyl sites for hydroxylation is 1. The van der Waals surface area contributed by atoms with Crippen LogP contribution in [0, 0.1) is 13.8 Å². The molecule has 0 aromatic carbocycles. The van der Waals surface area contributed by atoms with E-state index in [4.69, 9.17) is 11.6 Å². The van der Waals surface area contributed by atoms with E-state index in [9.17, 15) is 0 Å². The first-order valence-electron chi connectivity index (χ1n) is 5.44. The van der Waals surface area contributed by atoms with Crippen molar-refractivity contribution in [3.05, 3.63) is 16.5 Å². The Morgan fingerprint density at radius 1 is 1.20 bits per heavy atom. The standard InChI is InChI=1S/C11H16ClN3/c1-7-10(12)13-8(2)14-11(7)15-9-5-3-4-6-9/h9H,3-6H2,1-2H3,(H,13,14,15). The van der Waals surface area contributed by atoms with Crippen molar-refractivity contribution < 1.29 is 0 Å². The predicted molar refractivity (Wildman–Crippen MR) is 62.4 cm³/mol. The first kappa shape index (κ1) is 10.7. The van der Waals surface area contributed by atoms with Gasteiger partial charge in [0.05, 0.1) is 0 Å². The minimum Gasteiger partial charge on any atom is -0.367 e. The molecule has 1 aliphatic rings. The van der Waals surface area contributed by atoms with Gasteiger partial charge in [-0.2, -0.15) is 0 Å². The number of nitrogens with one attached hydrogen (secondary N) is 1. The third-order valence-corrected chi connectivity index (χ3v) is 3.26. The Morgan fingerprint density at radius 2 is 1.87 bits per heavy atom. The summed E-state index contributed by atoms with van der Waals surface area (Å²) < 4.78 is 0. The number of rotatable bonds is 2. The highest BCUT2D eigenvalue weighted by atomic mass is 35.5. The van der Waals surface area contributed by atoms with Crippen LogP contribution in [-0.2, 0) is 0 Å². The monoisotopic (exact) mass is 225 g/mol. The smallest absolute Gasteiger partial charge is 0.137 e. The van der Waals surface area contributed by atoms with Gasteiger partial charge >= 0.3 is 0 Å². The first-order valence-corrected chi connectivity index (χ1v) is 5.82. The molecule has 1 saturated carbocycles. The Bertz CT molecular complexity index is 359. The van der Waals surface area contributed by atoms with E-state index in [1.807, 2.05) is 13.8 Å². The van der Waals surface area contributed by atoms with E-state index in [0.29, 0.717) is 11.2 Å². The molecule has 0 radical (unpaired) electrons. The van der Waals surface area contributed by atoms with Crippen molar-refractivity contribution in [1.29, 1.82) is 0 Å². The molecule has 0 bridgehead atoms. The number of nitrogens with zero attached hydrogens (tertiary/aromatic N) is 2. The van der Waals surface area contributed by atoms with Crippen LogP contribution in [0.1, 0.15) is 37.1 Å². The average molecular weight is 226 g/mol. The van der Waals surface area contributed by atoms with Crippen LogP contribution in [0.4, 0.5) is 5.82 Å². The van der Waals surface area contributed by atoms with Crippen LogP contribution < -0.4 is 5.32 Å². The second-order valence-electron chi connectivity index (χ2n) is 4.16. The number of aromatic nitrogens is 2. The van der Waals surface area contributed by atoms with Crippen molar-refractivity contribution in [2.45, 2.75) is 45.6 Å². The molecule has 1 aromatic heterocycles. The van der Waals surface area contributed by atoms with E-state index in [2.05, 4.69) is 15.3 Å². The number of anilines is 1. The van der Waals surface area contributed by atoms with Crippen molar-refractivity contribution in [2.24, 2.45) is 0 Å². The lowest BCUT2D eigenvalue weighted by Gasteiger charge is -2.15. The molecule has 0 saturated heterocycles. The lowest BCUT2D eigenvalue weighted by molar-refractivity contribution is 0.747. The van der Waals surface area contributed by atoms with Crippen LogP contribution in [0.2, 0.25) is 5.15 Å². The van der Waals surface area contributed by atoms with E-state index < -0.39 is 0 Å². The minimum atomic E-state index is 0.558. The summed E-state index contributed by atoms with van der Waals surface area (Å²) in [7, 11) is 0. The fraction of sp³-hybridized carbons (Fsp3) is 0.636. The Labute approximate surface area is 95.3 Å². The summed E-state index contributed by atoms with van der Waals surface area (Å²) >= 11 is 6.01. The van der Waals surface area contributed by atoms with E-state index >= 15 is 0 Å². The molecule has 4 heteroatoms. The van der Waals surface area contributed by atoms with Crippen molar-refractivity contribution >= 4 is 17.4 Å². The van der Waals surface area contributed by atoms with Crippen LogP contribution in [-0.4, -0.2) is 16.0 Å². The van der Waals surface area contributed by atoms with Gasteiger partial charge in [-0.05, 0) is 26.7 Å². The summed E-state index contributed by atoms with van der Waals surface area (Å²) in [5, 5.41) is 4.01. The predicted octanol–water partition coefficient (Wildman–Crippen LogP) is 3.10. The second kappa shape index (κ2) is 4.35. The van der Waals surface area contributed by atoms with Crippen molar-refractivity contribution in [3.63, 3.8) is 0 Å². The lowest BCUT2D eigenvalue weighted by atomic mass is 10.2. The molecule has 3 nitrogen and oxygen atoms in total. The molecule has 1 fully saturated rings. The summed E-state index contributed by atoms with van der Waals surface area (Å²) in [4.78, 5) is 8.51. The van der Waals surface area contributed by atoms with E-state index in [1.54, 1.807) is 0 Å². The quantitative estimate of drug-likeness (QED) is 0.786. The maximum Gasteiger partial charge on any atom is 0.137 e. The van der Waals surface area contributed by atoms with Crippen LogP contribution >= 0.6 is 11.6 Å². The highest BCUT2D eigenvalue weighted by Crippen LogP contribution is 2.25. The van der Waals surface area contributed by atoms with Crippen LogP contribution in [0.5, 0.6) is 0 Å². The summed E-state index contributed by atoms with van der Waals surface area (Å²) in [6.07, 6.45) is 5.10. The molecule has 0 aliphatic heterocycles. The molecule has 1 heterocycles. The third kappa shape index (κ3) is 2.40. The largest absolute Gasteiger partial charge is 0.367 e. The van der Waals surface area contributed by atoms with Crippen LogP contribution in [0.15, 0.2) is 0 Å². The Balaban J connectivity index is 2.19. The summed E-state index contributed by atoms with van der Waals surface area (Å²) in [6.45, 7) is 3.82. The fourth-order valence-electron chi connectivity index (χ4n) is 2.00. The van der Waals surface area contributed by atoms with Gasteiger partial charge in [0.25, 0.3) is 0 Å². The van der Waals surface area contributed by atoms with Gasteiger partial charge in [0, 0.05) is 11.6 Å². The molecule has 15 heavy (non-hydrogen) atoms. The van der Waals surface area contributed by atoms with Gasteiger partial charge in [0.1, 0.15) is 16.8 Å². The molecule has 1 N–H and O–H groups in total. The van der Waals surface area contributed by atoms with Gasteiger partial charge in [-0.3, -0.25) is 0 Å². The van der Waals surface area contributed by atoms with Crippen molar-refractivity contribution in [2.75, 3.05) is 5.32 Å². The highest BCUT2D eigenvalue weighted by molar-refractivity contribution is 6.30. The second-order valence-corrected chi connectivity index (χ2v) is 4.52. The van der Waals surface area contributed by atoms with Crippen molar-refractivity contribution in [3.8, 4) is 0 Å². The zero-order valence-corrected chi connectivity index (χ0v) is 9.93. The topological polar surface area (TPSA) is 37.8 Å². The molecule has 0 unspecified atom stereocenters. The van der Waals surface area contributed by atoms with E-state index in [1.165, 1.54) is 25.7 Å². The molecule has 82 valence electrons. The molecular weight excluding hydrogens is 210 g/mol. The molecule has 0 atom stereocenters. The zero-order valence-electron chi connectivity index (χ0n) is 9.18. The van der Waals surface area contributed by atoms with Gasteiger partial charge in [-0.15, -0.1) is 0 Å². The number of halogens is 1. The molecule has 0 spiro atoms.